The van der Waals surface area contributed by atoms with Gasteiger partial charge in [-0.1, -0.05) is 26.0 Å². The number of anilines is 2. The highest BCUT2D eigenvalue weighted by Crippen LogP contribution is 2.19. The summed E-state index contributed by atoms with van der Waals surface area (Å²) in [5, 5.41) is 12.5. The van der Waals surface area contributed by atoms with E-state index in [1.165, 1.54) is 0 Å². The zero-order valence-electron chi connectivity index (χ0n) is 9.40. The van der Waals surface area contributed by atoms with Crippen LogP contribution < -0.4 is 11.1 Å². The fraction of sp³-hybridized carbons (Fsp3) is 0.500. The lowest BCUT2D eigenvalue weighted by atomic mass is 10.0. The van der Waals surface area contributed by atoms with E-state index in [0.29, 0.717) is 5.92 Å². The molecule has 0 radical (unpaired) electrons. The molecule has 0 spiro atoms. The fourth-order valence-electron chi connectivity index (χ4n) is 1.60. The van der Waals surface area contributed by atoms with Crippen molar-refractivity contribution in [2.75, 3.05) is 17.7 Å². The van der Waals surface area contributed by atoms with Crippen molar-refractivity contribution in [2.24, 2.45) is 5.92 Å². The number of aliphatic hydroxyl groups excluding tert-OH is 1. The second-order valence-corrected chi connectivity index (χ2v) is 4.24. The quantitative estimate of drug-likeness (QED) is 0.649. The van der Waals surface area contributed by atoms with Crippen LogP contribution in [0.3, 0.4) is 0 Å². The second kappa shape index (κ2) is 5.61. The van der Waals surface area contributed by atoms with Gasteiger partial charge in [0, 0.05) is 6.04 Å². The Morgan fingerprint density at radius 3 is 2.53 bits per heavy atom. The molecule has 1 aromatic carbocycles. The molecule has 0 aromatic heterocycles. The Labute approximate surface area is 91.3 Å². The van der Waals surface area contributed by atoms with Gasteiger partial charge in [0.1, 0.15) is 0 Å². The molecule has 0 bridgehead atoms. The van der Waals surface area contributed by atoms with Gasteiger partial charge >= 0.3 is 0 Å². The van der Waals surface area contributed by atoms with Gasteiger partial charge in [0.05, 0.1) is 18.0 Å². The van der Waals surface area contributed by atoms with Gasteiger partial charge in [0.2, 0.25) is 0 Å². The van der Waals surface area contributed by atoms with E-state index in [1.807, 2.05) is 24.3 Å². The number of benzene rings is 1. The van der Waals surface area contributed by atoms with Gasteiger partial charge in [-0.2, -0.15) is 0 Å². The van der Waals surface area contributed by atoms with E-state index in [9.17, 15) is 5.11 Å². The second-order valence-electron chi connectivity index (χ2n) is 4.24. The summed E-state index contributed by atoms with van der Waals surface area (Å²) in [4.78, 5) is 0. The molecule has 84 valence electrons. The van der Waals surface area contributed by atoms with Gasteiger partial charge in [-0.05, 0) is 24.5 Å². The smallest absolute Gasteiger partial charge is 0.0632 e. The maximum absolute atomic E-state index is 9.22. The maximum Gasteiger partial charge on any atom is 0.0632 e. The molecular weight excluding hydrogens is 188 g/mol. The van der Waals surface area contributed by atoms with Gasteiger partial charge in [-0.3, -0.25) is 0 Å². The lowest BCUT2D eigenvalue weighted by molar-refractivity contribution is 0.259. The van der Waals surface area contributed by atoms with Crippen LogP contribution in [-0.4, -0.2) is 17.8 Å². The zero-order valence-corrected chi connectivity index (χ0v) is 9.40. The van der Waals surface area contributed by atoms with Crippen molar-refractivity contribution in [1.82, 2.24) is 0 Å². The van der Waals surface area contributed by atoms with Crippen LogP contribution in [0, 0.1) is 5.92 Å². The number of nitrogens with two attached hydrogens (primary N) is 1. The average Bonchev–Trinajstić information content (AvgIpc) is 2.19. The van der Waals surface area contributed by atoms with Crippen LogP contribution in [0.4, 0.5) is 11.4 Å². The van der Waals surface area contributed by atoms with Crippen LogP contribution in [0.5, 0.6) is 0 Å². The first kappa shape index (κ1) is 11.9. The van der Waals surface area contributed by atoms with Gasteiger partial charge in [0.15, 0.2) is 0 Å². The van der Waals surface area contributed by atoms with Gasteiger partial charge in [-0.15, -0.1) is 0 Å². The summed E-state index contributed by atoms with van der Waals surface area (Å²) in [5.41, 5.74) is 7.43. The number of hydrogen-bond acceptors (Lipinski definition) is 3. The largest absolute Gasteiger partial charge is 0.397 e. The summed E-state index contributed by atoms with van der Waals surface area (Å²) in [6, 6.07) is 7.69. The zero-order chi connectivity index (χ0) is 11.3. The average molecular weight is 208 g/mol. The maximum atomic E-state index is 9.22. The molecule has 1 atom stereocenters. The van der Waals surface area contributed by atoms with E-state index in [0.717, 1.165) is 17.8 Å². The van der Waals surface area contributed by atoms with Gasteiger partial charge in [-0.25, -0.2) is 0 Å². The minimum atomic E-state index is 0.0784. The summed E-state index contributed by atoms with van der Waals surface area (Å²) in [6.07, 6.45) is 0.935. The Morgan fingerprint density at radius 1 is 1.33 bits per heavy atom. The molecule has 0 saturated carbocycles. The van der Waals surface area contributed by atoms with E-state index < -0.39 is 0 Å². The van der Waals surface area contributed by atoms with Crippen molar-refractivity contribution in [1.29, 1.82) is 0 Å². The third-order valence-electron chi connectivity index (χ3n) is 2.30. The van der Waals surface area contributed by atoms with E-state index in [1.54, 1.807) is 0 Å². The number of nitrogens with one attached hydrogen (secondary N) is 1. The molecular formula is C12H20N2O. The molecule has 3 heteroatoms. The van der Waals surface area contributed by atoms with Crippen molar-refractivity contribution in [3.63, 3.8) is 0 Å². The Bertz CT molecular complexity index is 299. The third kappa shape index (κ3) is 3.80. The van der Waals surface area contributed by atoms with Gasteiger partial charge < -0.3 is 16.2 Å². The van der Waals surface area contributed by atoms with Crippen molar-refractivity contribution in [3.05, 3.63) is 24.3 Å². The molecule has 0 aliphatic rings. The third-order valence-corrected chi connectivity index (χ3v) is 2.30. The first-order valence-electron chi connectivity index (χ1n) is 5.35. The van der Waals surface area contributed by atoms with Crippen LogP contribution in [-0.2, 0) is 0 Å². The molecule has 0 saturated heterocycles. The van der Waals surface area contributed by atoms with Crippen LogP contribution in [0.15, 0.2) is 24.3 Å². The van der Waals surface area contributed by atoms with E-state index >= 15 is 0 Å². The van der Waals surface area contributed by atoms with Crippen molar-refractivity contribution in [2.45, 2.75) is 26.3 Å². The summed E-state index contributed by atoms with van der Waals surface area (Å²) in [6.45, 7) is 4.41. The summed E-state index contributed by atoms with van der Waals surface area (Å²) >= 11 is 0. The molecule has 3 nitrogen and oxygen atoms in total. The first-order valence-corrected chi connectivity index (χ1v) is 5.35. The Balaban J connectivity index is 2.62. The summed E-state index contributed by atoms with van der Waals surface area (Å²) < 4.78 is 0. The minimum absolute atomic E-state index is 0.0784. The van der Waals surface area contributed by atoms with E-state index in [4.69, 9.17) is 5.73 Å². The van der Waals surface area contributed by atoms with Crippen LogP contribution >= 0.6 is 0 Å². The van der Waals surface area contributed by atoms with E-state index in [2.05, 4.69) is 19.2 Å². The van der Waals surface area contributed by atoms with E-state index in [-0.39, 0.29) is 12.6 Å². The highest BCUT2D eigenvalue weighted by Gasteiger charge is 2.10. The molecule has 1 aromatic rings. The lowest BCUT2D eigenvalue weighted by Gasteiger charge is -2.20. The predicted molar refractivity (Wildman–Crippen MR) is 64.8 cm³/mol. The monoisotopic (exact) mass is 208 g/mol. The molecule has 4 N–H and O–H groups in total. The SMILES string of the molecule is CC(C)CC(CO)Nc1ccccc1N. The molecule has 1 unspecified atom stereocenters. The highest BCUT2D eigenvalue weighted by molar-refractivity contribution is 5.65. The molecule has 15 heavy (non-hydrogen) atoms. The minimum Gasteiger partial charge on any atom is -0.397 e. The first-order chi connectivity index (χ1) is 7.13. The molecule has 0 aliphatic carbocycles. The number of aliphatic hydroxyl groups is 1. The number of para-hydroxylation sites is 2. The van der Waals surface area contributed by atoms with Crippen LogP contribution in [0.25, 0.3) is 0 Å². The number of rotatable bonds is 5. The molecule has 0 amide bonds. The Hall–Kier alpha value is -1.22. The van der Waals surface area contributed by atoms with Crippen molar-refractivity contribution >= 4 is 11.4 Å². The molecule has 0 heterocycles. The van der Waals surface area contributed by atoms with Crippen molar-refractivity contribution in [3.8, 4) is 0 Å². The van der Waals surface area contributed by atoms with Crippen molar-refractivity contribution < 1.29 is 5.11 Å². The van der Waals surface area contributed by atoms with Crippen LogP contribution in [0.2, 0.25) is 0 Å². The summed E-state index contributed by atoms with van der Waals surface area (Å²) in [5.74, 6) is 0.555. The standard InChI is InChI=1S/C12H20N2O/c1-9(2)7-10(8-15)14-12-6-4-3-5-11(12)13/h3-6,9-10,14-15H,7-8,13H2,1-2H3. The van der Waals surface area contributed by atoms with Gasteiger partial charge in [0.25, 0.3) is 0 Å². The highest BCUT2D eigenvalue weighted by atomic mass is 16.3. The predicted octanol–water partition coefficient (Wildman–Crippen LogP) is 2.09. The lowest BCUT2D eigenvalue weighted by Crippen LogP contribution is -2.25. The molecule has 1 rings (SSSR count). The van der Waals surface area contributed by atoms with Crippen LogP contribution in [0.1, 0.15) is 20.3 Å². The fourth-order valence-corrected chi connectivity index (χ4v) is 1.60. The number of hydrogen-bond donors (Lipinski definition) is 3. The topological polar surface area (TPSA) is 58.3 Å². The summed E-state index contributed by atoms with van der Waals surface area (Å²) in [7, 11) is 0. The Morgan fingerprint density at radius 2 is 2.00 bits per heavy atom. The Kier molecular flexibility index (Phi) is 4.43. The normalized spacial score (nSPS) is 12.8. The molecule has 0 fully saturated rings. The molecule has 0 aliphatic heterocycles. The number of nitrogen functional groups attached to an aromatic ring is 1.